The molecule has 2 heteroatoms. The zero-order chi connectivity index (χ0) is 35.6. The molecule has 0 saturated carbocycles. The van der Waals surface area contributed by atoms with Gasteiger partial charge in [0.1, 0.15) is 0 Å². The van der Waals surface area contributed by atoms with Gasteiger partial charge in [-0.3, -0.25) is 9.97 Å². The second-order valence-electron chi connectivity index (χ2n) is 14.0. The minimum atomic E-state index is 0.868. The summed E-state index contributed by atoms with van der Waals surface area (Å²) in [5.41, 5.74) is 16.7. The second kappa shape index (κ2) is 12.2. The fraction of sp³-hybridized carbons (Fsp3) is 0. The molecule has 0 amide bonds. The molecule has 8 aromatic carbocycles. The SMILES string of the molecule is c1ccc(-c2c3c(c(-c4ccccc4)c4ccccc24)-c2ccc(-c4ccc(-c5ccc(-c6ccccn6)nc5)c5ccccc45)c4cccc-3c24)cc1. The average molecular weight is 685 g/mol. The van der Waals surface area contributed by atoms with Crippen LogP contribution in [0, 0.1) is 0 Å². The molecular formula is C52H32N2. The van der Waals surface area contributed by atoms with Crippen molar-refractivity contribution in [2.45, 2.75) is 0 Å². The van der Waals surface area contributed by atoms with E-state index in [1.807, 2.05) is 30.6 Å². The Kier molecular flexibility index (Phi) is 6.90. The van der Waals surface area contributed by atoms with Crippen LogP contribution in [-0.2, 0) is 0 Å². The van der Waals surface area contributed by atoms with Crippen LogP contribution in [0.1, 0.15) is 0 Å². The molecule has 0 fully saturated rings. The Morgan fingerprint density at radius 2 is 0.759 bits per heavy atom. The number of rotatable bonds is 5. The predicted octanol–water partition coefficient (Wildman–Crippen LogP) is 13.9. The van der Waals surface area contributed by atoms with Gasteiger partial charge in [0.15, 0.2) is 0 Å². The van der Waals surface area contributed by atoms with Gasteiger partial charge in [0.05, 0.1) is 11.4 Å². The molecule has 2 heterocycles. The van der Waals surface area contributed by atoms with Gasteiger partial charge in [0.2, 0.25) is 0 Å². The normalized spacial score (nSPS) is 11.7. The quantitative estimate of drug-likeness (QED) is 0.180. The number of pyridine rings is 2. The van der Waals surface area contributed by atoms with Crippen LogP contribution in [0.3, 0.4) is 0 Å². The number of benzene rings is 8. The summed E-state index contributed by atoms with van der Waals surface area (Å²) in [5.74, 6) is 0. The molecule has 1 aliphatic rings. The van der Waals surface area contributed by atoms with E-state index in [2.05, 4.69) is 169 Å². The Labute approximate surface area is 313 Å². The zero-order valence-electron chi connectivity index (χ0n) is 29.4. The van der Waals surface area contributed by atoms with E-state index in [9.17, 15) is 0 Å². The van der Waals surface area contributed by atoms with Crippen molar-refractivity contribution in [3.63, 3.8) is 0 Å². The molecule has 0 N–H and O–H groups in total. The summed E-state index contributed by atoms with van der Waals surface area (Å²) in [4.78, 5) is 9.31. The number of hydrogen-bond acceptors (Lipinski definition) is 2. The smallest absolute Gasteiger partial charge is 0.0886 e. The Morgan fingerprint density at radius 3 is 1.37 bits per heavy atom. The topological polar surface area (TPSA) is 25.8 Å². The molecule has 250 valence electrons. The maximum absolute atomic E-state index is 4.82. The second-order valence-corrected chi connectivity index (χ2v) is 14.0. The van der Waals surface area contributed by atoms with Crippen molar-refractivity contribution in [2.75, 3.05) is 0 Å². The lowest BCUT2D eigenvalue weighted by Gasteiger charge is -2.20. The van der Waals surface area contributed by atoms with E-state index >= 15 is 0 Å². The van der Waals surface area contributed by atoms with Crippen molar-refractivity contribution < 1.29 is 0 Å². The van der Waals surface area contributed by atoms with Crippen molar-refractivity contribution >= 4 is 32.3 Å². The molecular weight excluding hydrogens is 653 g/mol. The molecule has 10 aromatic rings. The largest absolute Gasteiger partial charge is 0.255 e. The van der Waals surface area contributed by atoms with Gasteiger partial charge in [-0.1, -0.05) is 164 Å². The Hall–Kier alpha value is -7.16. The molecule has 0 saturated heterocycles. The van der Waals surface area contributed by atoms with Gasteiger partial charge < -0.3 is 0 Å². The highest BCUT2D eigenvalue weighted by Gasteiger charge is 2.31. The van der Waals surface area contributed by atoms with E-state index in [-0.39, 0.29) is 0 Å². The molecule has 2 nitrogen and oxygen atoms in total. The molecule has 54 heavy (non-hydrogen) atoms. The first kappa shape index (κ1) is 30.5. The van der Waals surface area contributed by atoms with E-state index < -0.39 is 0 Å². The summed E-state index contributed by atoms with van der Waals surface area (Å²) in [6, 6.07) is 65.9. The van der Waals surface area contributed by atoms with Crippen LogP contribution in [0.4, 0.5) is 0 Å². The van der Waals surface area contributed by atoms with Crippen molar-refractivity contribution in [3.8, 4) is 78.1 Å². The van der Waals surface area contributed by atoms with E-state index in [0.29, 0.717) is 0 Å². The average Bonchev–Trinajstić information content (AvgIpc) is 3.58. The van der Waals surface area contributed by atoms with Crippen molar-refractivity contribution in [2.24, 2.45) is 0 Å². The van der Waals surface area contributed by atoms with E-state index in [1.165, 1.54) is 93.5 Å². The molecule has 0 radical (unpaired) electrons. The molecule has 1 aliphatic carbocycles. The van der Waals surface area contributed by atoms with Gasteiger partial charge in [0.25, 0.3) is 0 Å². The van der Waals surface area contributed by atoms with Crippen LogP contribution in [0.25, 0.3) is 110 Å². The van der Waals surface area contributed by atoms with Crippen molar-refractivity contribution in [3.05, 3.63) is 194 Å². The van der Waals surface area contributed by atoms with Crippen molar-refractivity contribution in [1.29, 1.82) is 0 Å². The Bertz CT molecular complexity index is 2970. The fourth-order valence-corrected chi connectivity index (χ4v) is 8.85. The van der Waals surface area contributed by atoms with Gasteiger partial charge in [-0.25, -0.2) is 0 Å². The predicted molar refractivity (Wildman–Crippen MR) is 226 cm³/mol. The number of hydrogen-bond donors (Lipinski definition) is 0. The highest BCUT2D eigenvalue weighted by molar-refractivity contribution is 6.29. The van der Waals surface area contributed by atoms with Crippen LogP contribution < -0.4 is 0 Å². The zero-order valence-corrected chi connectivity index (χ0v) is 29.4. The molecule has 0 spiro atoms. The summed E-state index contributed by atoms with van der Waals surface area (Å²) in [7, 11) is 0. The van der Waals surface area contributed by atoms with Crippen LogP contribution in [0.5, 0.6) is 0 Å². The van der Waals surface area contributed by atoms with Crippen LogP contribution in [0.15, 0.2) is 194 Å². The monoisotopic (exact) mass is 684 g/mol. The number of nitrogens with zero attached hydrogens (tertiary/aromatic N) is 2. The lowest BCUT2D eigenvalue weighted by atomic mass is 9.82. The highest BCUT2D eigenvalue weighted by Crippen LogP contribution is 2.58. The lowest BCUT2D eigenvalue weighted by molar-refractivity contribution is 1.25. The standard InChI is InChI=1S/C52H32N2/c1-3-14-33(15-4-1)48-42-20-9-10-21-43(42)49(34-16-5-2-6-17-34)52-45-29-28-40(41-22-13-23-44(50(41)45)51(48)52)39-27-26-36(37-18-7-8-19-38(37)39)35-25-30-47(54-32-35)46-24-11-12-31-53-46/h1-32H. The molecule has 0 atom stereocenters. The first-order valence-electron chi connectivity index (χ1n) is 18.5. The molecule has 11 rings (SSSR count). The minimum Gasteiger partial charge on any atom is -0.255 e. The van der Waals surface area contributed by atoms with Gasteiger partial charge >= 0.3 is 0 Å². The molecule has 0 unspecified atom stereocenters. The maximum Gasteiger partial charge on any atom is 0.0886 e. The first-order chi connectivity index (χ1) is 26.8. The van der Waals surface area contributed by atoms with Gasteiger partial charge in [0, 0.05) is 18.0 Å². The lowest BCUT2D eigenvalue weighted by Crippen LogP contribution is -1.93. The third-order valence-corrected chi connectivity index (χ3v) is 11.1. The molecule has 2 aromatic heterocycles. The summed E-state index contributed by atoms with van der Waals surface area (Å²) < 4.78 is 0. The Morgan fingerprint density at radius 1 is 0.259 bits per heavy atom. The third kappa shape index (κ3) is 4.60. The summed E-state index contributed by atoms with van der Waals surface area (Å²) in [5, 5.41) is 7.56. The number of aromatic nitrogens is 2. The minimum absolute atomic E-state index is 0.868. The van der Waals surface area contributed by atoms with Crippen LogP contribution >= 0.6 is 0 Å². The van der Waals surface area contributed by atoms with E-state index in [0.717, 1.165) is 17.0 Å². The summed E-state index contributed by atoms with van der Waals surface area (Å²) in [6.45, 7) is 0. The van der Waals surface area contributed by atoms with Gasteiger partial charge in [-0.05, 0) is 112 Å². The van der Waals surface area contributed by atoms with Crippen LogP contribution in [0.2, 0.25) is 0 Å². The molecule has 0 aliphatic heterocycles. The van der Waals surface area contributed by atoms with Gasteiger partial charge in [-0.15, -0.1) is 0 Å². The molecule has 0 bridgehead atoms. The summed E-state index contributed by atoms with van der Waals surface area (Å²) >= 11 is 0. The number of fused-ring (bicyclic) bond motifs is 5. The van der Waals surface area contributed by atoms with Crippen molar-refractivity contribution in [1.82, 2.24) is 9.97 Å². The highest BCUT2D eigenvalue weighted by atomic mass is 14.8. The van der Waals surface area contributed by atoms with Crippen LogP contribution in [-0.4, -0.2) is 9.97 Å². The maximum atomic E-state index is 4.82. The first-order valence-corrected chi connectivity index (χ1v) is 18.5. The van der Waals surface area contributed by atoms with E-state index in [4.69, 9.17) is 4.98 Å². The summed E-state index contributed by atoms with van der Waals surface area (Å²) in [6.07, 6.45) is 3.78. The van der Waals surface area contributed by atoms with E-state index in [1.54, 1.807) is 0 Å². The fourth-order valence-electron chi connectivity index (χ4n) is 8.85. The van der Waals surface area contributed by atoms with Gasteiger partial charge in [-0.2, -0.15) is 0 Å². The third-order valence-electron chi connectivity index (χ3n) is 11.1. The Balaban J connectivity index is 1.15.